The number of carboxylic acids is 1. The number of thiol groups is 2. The Morgan fingerprint density at radius 1 is 1.29 bits per heavy atom. The van der Waals surface area contributed by atoms with E-state index in [-0.39, 0.29) is 5.56 Å². The van der Waals surface area contributed by atoms with E-state index in [0.29, 0.717) is 5.56 Å². The highest BCUT2D eigenvalue weighted by Crippen LogP contribution is 2.24. The first-order valence-electron chi connectivity index (χ1n) is 3.77. The number of carbonyl (C=O) groups excluding carboxylic acids is 1. The Hall–Kier alpha value is -0.940. The molecule has 0 saturated carbocycles. The largest absolute Gasteiger partial charge is 0.480 e. The Labute approximate surface area is 92.0 Å². The minimum atomic E-state index is -1.09. The molecule has 1 aromatic carbocycles. The van der Waals surface area contributed by atoms with Crippen molar-refractivity contribution in [2.24, 2.45) is 0 Å². The fraction of sp³-hybridized carbons (Fsp3) is 0.111. The average molecular weight is 228 g/mol. The predicted octanol–water partition coefficient (Wildman–Crippen LogP) is 1.81. The molecule has 1 rings (SSSR count). The number of hydrogen-bond acceptors (Lipinski definition) is 3. The van der Waals surface area contributed by atoms with Crippen molar-refractivity contribution in [3.05, 3.63) is 35.4 Å². The van der Waals surface area contributed by atoms with Gasteiger partial charge in [0.25, 0.3) is 0 Å². The molecule has 74 valence electrons. The zero-order valence-corrected chi connectivity index (χ0v) is 8.83. The van der Waals surface area contributed by atoms with Crippen LogP contribution in [0.1, 0.15) is 21.2 Å². The molecule has 0 spiro atoms. The number of rotatable bonds is 3. The number of hydrogen-bond donors (Lipinski definition) is 3. The third-order valence-corrected chi connectivity index (χ3v) is 2.46. The van der Waals surface area contributed by atoms with Gasteiger partial charge in [-0.05, 0) is 5.56 Å². The van der Waals surface area contributed by atoms with E-state index in [4.69, 9.17) is 5.11 Å². The van der Waals surface area contributed by atoms with Crippen molar-refractivity contribution in [2.75, 3.05) is 0 Å². The van der Waals surface area contributed by atoms with E-state index >= 15 is 0 Å². The molecule has 0 aliphatic heterocycles. The van der Waals surface area contributed by atoms with Crippen molar-refractivity contribution < 1.29 is 14.7 Å². The third kappa shape index (κ3) is 2.30. The van der Waals surface area contributed by atoms with Gasteiger partial charge in [0.05, 0.1) is 0 Å². The van der Waals surface area contributed by atoms with Gasteiger partial charge in [-0.25, -0.2) is 0 Å². The maximum absolute atomic E-state index is 11.0. The van der Waals surface area contributed by atoms with Gasteiger partial charge in [0.2, 0.25) is 5.12 Å². The van der Waals surface area contributed by atoms with Crippen LogP contribution in [0.3, 0.4) is 0 Å². The topological polar surface area (TPSA) is 54.4 Å². The number of aliphatic carboxylic acids is 1. The first-order chi connectivity index (χ1) is 6.54. The summed E-state index contributed by atoms with van der Waals surface area (Å²) in [4.78, 5) is 21.7. The zero-order chi connectivity index (χ0) is 10.7. The van der Waals surface area contributed by atoms with E-state index in [1.807, 2.05) is 0 Å². The summed E-state index contributed by atoms with van der Waals surface area (Å²) in [5, 5.41) is 7.27. The van der Waals surface area contributed by atoms with E-state index < -0.39 is 16.3 Å². The second kappa shape index (κ2) is 4.52. The SMILES string of the molecule is O=C(S)c1ccccc1C(S)C(=O)O. The zero-order valence-electron chi connectivity index (χ0n) is 7.04. The van der Waals surface area contributed by atoms with Crippen molar-refractivity contribution in [3.63, 3.8) is 0 Å². The predicted molar refractivity (Wildman–Crippen MR) is 59.1 cm³/mol. The molecule has 0 heterocycles. The van der Waals surface area contributed by atoms with Gasteiger partial charge in [-0.2, -0.15) is 12.6 Å². The van der Waals surface area contributed by atoms with Crippen LogP contribution < -0.4 is 0 Å². The molecule has 14 heavy (non-hydrogen) atoms. The Morgan fingerprint density at radius 3 is 2.36 bits per heavy atom. The van der Waals surface area contributed by atoms with Gasteiger partial charge in [0.1, 0.15) is 5.25 Å². The molecule has 1 atom stereocenters. The molecule has 0 saturated heterocycles. The maximum atomic E-state index is 11.0. The second-order valence-electron chi connectivity index (χ2n) is 2.63. The molecular formula is C9H8O3S2. The Bertz CT molecular complexity index is 376. The van der Waals surface area contributed by atoms with Crippen molar-refractivity contribution in [1.29, 1.82) is 0 Å². The summed E-state index contributed by atoms with van der Waals surface area (Å²) in [5.41, 5.74) is 0.640. The van der Waals surface area contributed by atoms with Gasteiger partial charge in [0, 0.05) is 5.56 Å². The maximum Gasteiger partial charge on any atom is 0.320 e. The van der Waals surface area contributed by atoms with Crippen LogP contribution in [0.5, 0.6) is 0 Å². The molecule has 0 fully saturated rings. The van der Waals surface area contributed by atoms with E-state index in [9.17, 15) is 9.59 Å². The summed E-state index contributed by atoms with van der Waals surface area (Å²) in [5.74, 6) is -1.09. The first kappa shape index (κ1) is 11.1. The van der Waals surface area contributed by atoms with Crippen molar-refractivity contribution >= 4 is 36.3 Å². The van der Waals surface area contributed by atoms with Crippen LogP contribution in [0, 0.1) is 0 Å². The molecule has 0 aliphatic rings. The number of benzene rings is 1. The molecule has 0 bridgehead atoms. The highest BCUT2D eigenvalue weighted by atomic mass is 32.1. The second-order valence-corrected chi connectivity index (χ2v) is 3.56. The summed E-state index contributed by atoms with van der Waals surface area (Å²) in [6.45, 7) is 0. The molecule has 0 aromatic heterocycles. The smallest absolute Gasteiger partial charge is 0.320 e. The standard InChI is InChI=1S/C9H8O3S2/c10-8(11)7(13)5-3-1-2-4-6(5)9(12)14/h1-4,7,13H,(H,10,11)(H,12,14). The van der Waals surface area contributed by atoms with Crippen LogP contribution in [-0.4, -0.2) is 16.2 Å². The highest BCUT2D eigenvalue weighted by Gasteiger charge is 2.19. The Balaban J connectivity index is 3.19. The fourth-order valence-corrected chi connectivity index (χ4v) is 1.49. The molecule has 5 heteroatoms. The minimum Gasteiger partial charge on any atom is -0.480 e. The average Bonchev–Trinajstić information content (AvgIpc) is 2.16. The van der Waals surface area contributed by atoms with Gasteiger partial charge in [-0.3, -0.25) is 9.59 Å². The van der Waals surface area contributed by atoms with E-state index in [1.165, 1.54) is 6.07 Å². The van der Waals surface area contributed by atoms with Crippen molar-refractivity contribution in [1.82, 2.24) is 0 Å². The third-order valence-electron chi connectivity index (χ3n) is 1.72. The van der Waals surface area contributed by atoms with Crippen LogP contribution in [0.4, 0.5) is 0 Å². The molecule has 3 nitrogen and oxygen atoms in total. The quantitative estimate of drug-likeness (QED) is 0.692. The van der Waals surface area contributed by atoms with E-state index in [1.54, 1.807) is 18.2 Å². The van der Waals surface area contributed by atoms with Gasteiger partial charge in [-0.1, -0.05) is 24.3 Å². The summed E-state index contributed by atoms with van der Waals surface area (Å²) in [7, 11) is 0. The molecule has 1 N–H and O–H groups in total. The normalized spacial score (nSPS) is 12.1. The van der Waals surface area contributed by atoms with Crippen molar-refractivity contribution in [3.8, 4) is 0 Å². The van der Waals surface area contributed by atoms with E-state index in [2.05, 4.69) is 25.3 Å². The monoisotopic (exact) mass is 228 g/mol. The summed E-state index contributed by atoms with van der Waals surface area (Å²) >= 11 is 7.55. The summed E-state index contributed by atoms with van der Waals surface area (Å²) in [6.07, 6.45) is 0. The van der Waals surface area contributed by atoms with Gasteiger partial charge in [0.15, 0.2) is 0 Å². The van der Waals surface area contributed by atoms with Crippen LogP contribution >= 0.6 is 25.3 Å². The van der Waals surface area contributed by atoms with Gasteiger partial charge < -0.3 is 5.11 Å². The minimum absolute atomic E-state index is 0.276. The molecule has 0 radical (unpaired) electrons. The molecule has 1 aromatic rings. The molecule has 0 aliphatic carbocycles. The lowest BCUT2D eigenvalue weighted by atomic mass is 10.1. The molecule has 1 unspecified atom stereocenters. The van der Waals surface area contributed by atoms with Crippen LogP contribution in [-0.2, 0) is 4.79 Å². The Kier molecular flexibility index (Phi) is 3.60. The highest BCUT2D eigenvalue weighted by molar-refractivity contribution is 7.97. The Morgan fingerprint density at radius 2 is 1.86 bits per heavy atom. The number of carboxylic acid groups (broad SMARTS) is 1. The van der Waals surface area contributed by atoms with Crippen molar-refractivity contribution in [2.45, 2.75) is 5.25 Å². The fourth-order valence-electron chi connectivity index (χ4n) is 1.06. The summed E-state index contributed by atoms with van der Waals surface area (Å²) in [6, 6.07) is 6.38. The van der Waals surface area contributed by atoms with Crippen LogP contribution in [0.2, 0.25) is 0 Å². The lowest BCUT2D eigenvalue weighted by molar-refractivity contribution is -0.136. The molecule has 0 amide bonds. The van der Waals surface area contributed by atoms with Crippen LogP contribution in [0.25, 0.3) is 0 Å². The number of carbonyl (C=O) groups is 2. The van der Waals surface area contributed by atoms with Gasteiger partial charge in [-0.15, -0.1) is 12.6 Å². The van der Waals surface area contributed by atoms with Gasteiger partial charge >= 0.3 is 5.97 Å². The lowest BCUT2D eigenvalue weighted by Gasteiger charge is -2.09. The summed E-state index contributed by atoms with van der Waals surface area (Å²) < 4.78 is 0. The first-order valence-corrected chi connectivity index (χ1v) is 4.73. The van der Waals surface area contributed by atoms with E-state index in [0.717, 1.165) is 0 Å². The van der Waals surface area contributed by atoms with Crippen LogP contribution in [0.15, 0.2) is 24.3 Å². The lowest BCUT2D eigenvalue weighted by Crippen LogP contribution is -2.09. The molecular weight excluding hydrogens is 220 g/mol.